The van der Waals surface area contributed by atoms with E-state index in [4.69, 9.17) is 25.9 Å². The number of hydrogen-bond donors (Lipinski definition) is 1. The summed E-state index contributed by atoms with van der Waals surface area (Å²) in [6, 6.07) is 15.6. The van der Waals surface area contributed by atoms with E-state index in [-0.39, 0.29) is 18.3 Å². The number of aliphatic hydroxyl groups excluding tert-OH is 1. The van der Waals surface area contributed by atoms with Gasteiger partial charge >= 0.3 is 0 Å². The number of nitrogens with zero attached hydrogens (tertiary/aromatic N) is 2. The Morgan fingerprint density at radius 3 is 2.62 bits per heavy atom. The zero-order valence-electron chi connectivity index (χ0n) is 19.3. The molecule has 174 valence electrons. The molecule has 6 nitrogen and oxygen atoms in total. The van der Waals surface area contributed by atoms with E-state index >= 15 is 0 Å². The molecule has 0 aliphatic carbocycles. The van der Waals surface area contributed by atoms with Crippen molar-refractivity contribution in [3.8, 4) is 5.75 Å². The number of methoxy groups -OCH3 is 1. The molecule has 7 heteroatoms. The minimum atomic E-state index is -0.614. The molecule has 3 rings (SSSR count). The average Bonchev–Trinajstić information content (AvgIpc) is 3.20. The first kappa shape index (κ1) is 24.5. The molecule has 0 radical (unpaired) electrons. The number of oxime groups is 1. The van der Waals surface area contributed by atoms with Crippen LogP contribution in [0.4, 0.5) is 0 Å². The molecule has 0 amide bonds. The minimum Gasteiger partial charge on any atom is -0.497 e. The lowest BCUT2D eigenvalue weighted by Crippen LogP contribution is -2.40. The molecule has 1 aliphatic heterocycles. The molecule has 0 bridgehead atoms. The van der Waals surface area contributed by atoms with Gasteiger partial charge in [0, 0.05) is 31.1 Å². The topological polar surface area (TPSA) is 63.5 Å². The Labute approximate surface area is 195 Å². The maximum atomic E-state index is 10.6. The molecule has 0 spiro atoms. The maximum absolute atomic E-state index is 10.6. The summed E-state index contributed by atoms with van der Waals surface area (Å²) in [6.45, 7) is 7.94. The van der Waals surface area contributed by atoms with Gasteiger partial charge in [-0.15, -0.1) is 0 Å². The SMILES string of the molecule is COc1ccc(C2=NOC(CN(Cc3cccc(Cl)c3)CC(O)COC(C)(C)C)C2)cc1. The van der Waals surface area contributed by atoms with Crippen LogP contribution in [-0.2, 0) is 16.1 Å². The molecule has 32 heavy (non-hydrogen) atoms. The molecule has 0 saturated heterocycles. The molecule has 1 N–H and O–H groups in total. The van der Waals surface area contributed by atoms with Crippen LogP contribution in [0.3, 0.4) is 0 Å². The fraction of sp³-hybridized carbons (Fsp3) is 0.480. The Morgan fingerprint density at radius 1 is 1.22 bits per heavy atom. The van der Waals surface area contributed by atoms with Gasteiger partial charge in [-0.3, -0.25) is 4.90 Å². The first-order chi connectivity index (χ1) is 15.2. The Morgan fingerprint density at radius 2 is 1.97 bits per heavy atom. The molecular weight excluding hydrogens is 428 g/mol. The highest BCUT2D eigenvalue weighted by Gasteiger charge is 2.26. The van der Waals surface area contributed by atoms with Crippen molar-refractivity contribution in [2.75, 3.05) is 26.8 Å². The lowest BCUT2D eigenvalue weighted by Gasteiger charge is -2.28. The van der Waals surface area contributed by atoms with Crippen LogP contribution < -0.4 is 4.74 Å². The van der Waals surface area contributed by atoms with Crippen molar-refractivity contribution in [1.82, 2.24) is 4.90 Å². The van der Waals surface area contributed by atoms with Crippen LogP contribution in [-0.4, -0.2) is 60.3 Å². The third-order valence-electron chi connectivity index (χ3n) is 5.09. The van der Waals surface area contributed by atoms with Gasteiger partial charge in [-0.2, -0.15) is 0 Å². The van der Waals surface area contributed by atoms with E-state index < -0.39 is 6.10 Å². The second-order valence-electron chi connectivity index (χ2n) is 9.10. The highest BCUT2D eigenvalue weighted by atomic mass is 35.5. The monoisotopic (exact) mass is 460 g/mol. The molecule has 0 aromatic heterocycles. The van der Waals surface area contributed by atoms with Gasteiger partial charge in [0.1, 0.15) is 11.9 Å². The predicted octanol–water partition coefficient (Wildman–Crippen LogP) is 4.52. The van der Waals surface area contributed by atoms with E-state index in [1.165, 1.54) is 0 Å². The fourth-order valence-corrected chi connectivity index (χ4v) is 3.78. The second-order valence-corrected chi connectivity index (χ2v) is 9.54. The van der Waals surface area contributed by atoms with Crippen molar-refractivity contribution in [2.45, 2.75) is 51.5 Å². The first-order valence-electron chi connectivity index (χ1n) is 10.9. The van der Waals surface area contributed by atoms with Crippen LogP contribution in [0.2, 0.25) is 5.02 Å². The van der Waals surface area contributed by atoms with Gasteiger partial charge in [0.15, 0.2) is 0 Å². The molecule has 2 aromatic carbocycles. The summed E-state index contributed by atoms with van der Waals surface area (Å²) >= 11 is 6.17. The smallest absolute Gasteiger partial charge is 0.145 e. The van der Waals surface area contributed by atoms with Crippen LogP contribution in [0, 0.1) is 0 Å². The predicted molar refractivity (Wildman–Crippen MR) is 127 cm³/mol. The molecule has 2 atom stereocenters. The van der Waals surface area contributed by atoms with E-state index in [0.29, 0.717) is 31.1 Å². The van der Waals surface area contributed by atoms with Crippen molar-refractivity contribution < 1.29 is 19.4 Å². The van der Waals surface area contributed by atoms with E-state index in [9.17, 15) is 5.11 Å². The second kappa shape index (κ2) is 11.1. The number of halogens is 1. The highest BCUT2D eigenvalue weighted by Crippen LogP contribution is 2.21. The zero-order chi connectivity index (χ0) is 23.1. The lowest BCUT2D eigenvalue weighted by atomic mass is 10.0. The molecule has 1 aliphatic rings. The quantitative estimate of drug-likeness (QED) is 0.564. The largest absolute Gasteiger partial charge is 0.497 e. The van der Waals surface area contributed by atoms with Gasteiger partial charge in [0.05, 0.1) is 31.1 Å². The van der Waals surface area contributed by atoms with Crippen LogP contribution in [0.1, 0.15) is 38.3 Å². The average molecular weight is 461 g/mol. The Kier molecular flexibility index (Phi) is 8.54. The van der Waals surface area contributed by atoms with Crippen molar-refractivity contribution >= 4 is 17.3 Å². The number of benzene rings is 2. The summed E-state index contributed by atoms with van der Waals surface area (Å²) in [4.78, 5) is 7.91. The Hall–Kier alpha value is -2.12. The van der Waals surface area contributed by atoms with E-state index in [0.717, 1.165) is 22.6 Å². The van der Waals surface area contributed by atoms with Crippen molar-refractivity contribution in [3.05, 3.63) is 64.7 Å². The molecule has 0 fully saturated rings. The third-order valence-corrected chi connectivity index (χ3v) is 5.33. The summed E-state index contributed by atoms with van der Waals surface area (Å²) in [7, 11) is 1.65. The summed E-state index contributed by atoms with van der Waals surface area (Å²) in [6.07, 6.45) is -0.00809. The van der Waals surface area contributed by atoms with Gasteiger partial charge in [-0.25, -0.2) is 0 Å². The number of ether oxygens (including phenoxy) is 2. The molecule has 0 saturated carbocycles. The summed E-state index contributed by atoms with van der Waals surface area (Å²) in [5, 5.41) is 15.6. The molecule has 2 aromatic rings. The number of hydrogen-bond acceptors (Lipinski definition) is 6. The normalized spacial score (nSPS) is 17.2. The van der Waals surface area contributed by atoms with Crippen LogP contribution >= 0.6 is 11.6 Å². The lowest BCUT2D eigenvalue weighted by molar-refractivity contribution is -0.0600. The Bertz CT molecular complexity index is 896. The van der Waals surface area contributed by atoms with E-state index in [1.54, 1.807) is 7.11 Å². The third kappa shape index (κ3) is 7.78. The number of rotatable bonds is 10. The van der Waals surface area contributed by atoms with Gasteiger partial charge in [0.25, 0.3) is 0 Å². The highest BCUT2D eigenvalue weighted by molar-refractivity contribution is 6.30. The van der Waals surface area contributed by atoms with Gasteiger partial charge in [-0.1, -0.05) is 28.9 Å². The van der Waals surface area contributed by atoms with Crippen molar-refractivity contribution in [2.24, 2.45) is 5.16 Å². The van der Waals surface area contributed by atoms with Crippen molar-refractivity contribution in [1.29, 1.82) is 0 Å². The molecule has 2 unspecified atom stereocenters. The van der Waals surface area contributed by atoms with Gasteiger partial charge in [0.2, 0.25) is 0 Å². The Balaban J connectivity index is 1.62. The zero-order valence-corrected chi connectivity index (χ0v) is 20.0. The molecular formula is C25H33ClN2O4. The van der Waals surface area contributed by atoms with Crippen LogP contribution in [0.25, 0.3) is 0 Å². The van der Waals surface area contributed by atoms with Crippen LogP contribution in [0.15, 0.2) is 53.7 Å². The van der Waals surface area contributed by atoms with Crippen molar-refractivity contribution in [3.63, 3.8) is 0 Å². The summed E-state index contributed by atoms with van der Waals surface area (Å²) in [5.41, 5.74) is 2.72. The minimum absolute atomic E-state index is 0.0954. The summed E-state index contributed by atoms with van der Waals surface area (Å²) < 4.78 is 11.0. The maximum Gasteiger partial charge on any atom is 0.145 e. The van der Waals surface area contributed by atoms with Crippen LogP contribution in [0.5, 0.6) is 5.75 Å². The number of aliphatic hydroxyl groups is 1. The standard InChI is InChI=1S/C25H33ClN2O4/c1-25(2,3)31-17-21(29)15-28(14-18-6-5-7-20(26)12-18)16-23-13-24(27-32-23)19-8-10-22(30-4)11-9-19/h5-12,21,23,29H,13-17H2,1-4H3. The first-order valence-corrected chi connectivity index (χ1v) is 11.3. The summed E-state index contributed by atoms with van der Waals surface area (Å²) in [5.74, 6) is 0.809. The van der Waals surface area contributed by atoms with Gasteiger partial charge in [-0.05, 0) is 68.3 Å². The van der Waals surface area contributed by atoms with E-state index in [2.05, 4.69) is 10.1 Å². The fourth-order valence-electron chi connectivity index (χ4n) is 3.56. The van der Waals surface area contributed by atoms with E-state index in [1.807, 2.05) is 69.3 Å². The molecule has 1 heterocycles. The van der Waals surface area contributed by atoms with Gasteiger partial charge < -0.3 is 19.4 Å².